The summed E-state index contributed by atoms with van der Waals surface area (Å²) in [5.74, 6) is 0. The molecule has 1 aromatic rings. The van der Waals surface area contributed by atoms with Gasteiger partial charge in [-0.2, -0.15) is 0 Å². The summed E-state index contributed by atoms with van der Waals surface area (Å²) in [6.07, 6.45) is 3.33. The monoisotopic (exact) mass is 356 g/mol. The minimum atomic E-state index is -4.59. The second kappa shape index (κ2) is 7.71. The zero-order valence-corrected chi connectivity index (χ0v) is 15.9. The molecule has 0 heterocycles. The smallest absolute Gasteiger partial charge is 0.744 e. The van der Waals surface area contributed by atoms with Crippen LogP contribution in [0.4, 0.5) is 0 Å². The standard InChI is InChI=1S/C12H18N2O5S2.Na/c13-11-3-1-2-4-12(11)14-20(15,16)9-5-7-10(8-6-9)21(17,18)19;/h5-8,11-12,14H,1-4,13H2,(H,17,18,19);/q;+1/p-1/t11?,12-;/m1./s1. The van der Waals surface area contributed by atoms with Gasteiger partial charge in [-0.15, -0.1) is 0 Å². The molecule has 1 fully saturated rings. The summed E-state index contributed by atoms with van der Waals surface area (Å²) in [4.78, 5) is -0.552. The van der Waals surface area contributed by atoms with Gasteiger partial charge in [0.15, 0.2) is 0 Å². The predicted octanol–water partition coefficient (Wildman–Crippen LogP) is -2.86. The minimum absolute atomic E-state index is 0. The molecule has 1 aromatic carbocycles. The molecule has 1 aliphatic carbocycles. The van der Waals surface area contributed by atoms with Crippen LogP contribution in [0.1, 0.15) is 25.7 Å². The van der Waals surface area contributed by atoms with Crippen LogP contribution >= 0.6 is 0 Å². The van der Waals surface area contributed by atoms with Crippen molar-refractivity contribution in [2.75, 3.05) is 0 Å². The molecule has 0 amide bonds. The topological polar surface area (TPSA) is 129 Å². The first kappa shape index (κ1) is 20.0. The number of rotatable bonds is 4. The van der Waals surface area contributed by atoms with Gasteiger partial charge in [0.05, 0.1) is 9.79 Å². The zero-order chi connectivity index (χ0) is 15.7. The molecule has 1 aliphatic rings. The Balaban J connectivity index is 0.00000242. The molecule has 0 radical (unpaired) electrons. The van der Waals surface area contributed by atoms with E-state index in [1.165, 1.54) is 0 Å². The van der Waals surface area contributed by atoms with Gasteiger partial charge in [-0.05, 0) is 37.1 Å². The van der Waals surface area contributed by atoms with E-state index in [2.05, 4.69) is 4.72 Å². The molecule has 0 aromatic heterocycles. The van der Waals surface area contributed by atoms with Crippen LogP contribution < -0.4 is 40.0 Å². The number of hydrogen-bond donors (Lipinski definition) is 2. The SMILES string of the molecule is NC1CCCC[C@H]1NS(=O)(=O)c1ccc(S(=O)(=O)[O-])cc1.[Na+]. The van der Waals surface area contributed by atoms with Crippen molar-refractivity contribution in [2.24, 2.45) is 5.73 Å². The second-order valence-electron chi connectivity index (χ2n) is 5.10. The minimum Gasteiger partial charge on any atom is -0.744 e. The summed E-state index contributed by atoms with van der Waals surface area (Å²) < 4.78 is 59.4. The Morgan fingerprint density at radius 2 is 1.50 bits per heavy atom. The van der Waals surface area contributed by atoms with Gasteiger partial charge in [0.2, 0.25) is 10.0 Å². The van der Waals surface area contributed by atoms with Crippen molar-refractivity contribution >= 4 is 20.1 Å². The normalized spacial score (nSPS) is 22.8. The quantitative estimate of drug-likeness (QED) is 0.441. The van der Waals surface area contributed by atoms with Gasteiger partial charge in [-0.25, -0.2) is 21.6 Å². The second-order valence-corrected chi connectivity index (χ2v) is 8.20. The van der Waals surface area contributed by atoms with Crippen molar-refractivity contribution in [3.63, 3.8) is 0 Å². The molecule has 7 nitrogen and oxygen atoms in total. The molecule has 2 rings (SSSR count). The Kier molecular flexibility index (Phi) is 7.03. The Hall–Kier alpha value is 0. The number of nitrogens with two attached hydrogens (primary N) is 1. The molecule has 0 spiro atoms. The van der Waals surface area contributed by atoms with Crippen LogP contribution in [0.5, 0.6) is 0 Å². The zero-order valence-electron chi connectivity index (χ0n) is 12.2. The van der Waals surface area contributed by atoms with E-state index in [-0.39, 0.29) is 46.5 Å². The van der Waals surface area contributed by atoms with Crippen molar-refractivity contribution in [3.8, 4) is 0 Å². The van der Waals surface area contributed by atoms with E-state index >= 15 is 0 Å². The van der Waals surface area contributed by atoms with Crippen LogP contribution in [0, 0.1) is 0 Å². The van der Waals surface area contributed by atoms with E-state index in [0.717, 1.165) is 43.5 Å². The van der Waals surface area contributed by atoms with E-state index in [4.69, 9.17) is 5.73 Å². The molecule has 0 bridgehead atoms. The first-order valence-corrected chi connectivity index (χ1v) is 9.43. The molecule has 0 aliphatic heterocycles. The van der Waals surface area contributed by atoms with Crippen LogP contribution in [-0.2, 0) is 20.1 Å². The fourth-order valence-electron chi connectivity index (χ4n) is 2.36. The summed E-state index contributed by atoms with van der Waals surface area (Å²) in [6.45, 7) is 0. The first-order chi connectivity index (χ1) is 9.70. The van der Waals surface area contributed by atoms with Crippen LogP contribution in [0.15, 0.2) is 34.1 Å². The molecule has 3 N–H and O–H groups in total. The molecule has 22 heavy (non-hydrogen) atoms. The molecule has 2 atom stereocenters. The van der Waals surface area contributed by atoms with E-state index in [1.54, 1.807) is 0 Å². The predicted molar refractivity (Wildman–Crippen MR) is 75.0 cm³/mol. The fraction of sp³-hybridized carbons (Fsp3) is 0.500. The van der Waals surface area contributed by atoms with E-state index in [0.29, 0.717) is 6.42 Å². The summed E-state index contributed by atoms with van der Waals surface area (Å²) >= 11 is 0. The molecular weight excluding hydrogens is 339 g/mol. The van der Waals surface area contributed by atoms with Gasteiger partial charge < -0.3 is 10.3 Å². The molecule has 1 saturated carbocycles. The number of nitrogens with one attached hydrogen (secondary N) is 1. The van der Waals surface area contributed by atoms with Crippen LogP contribution in [-0.4, -0.2) is 33.5 Å². The van der Waals surface area contributed by atoms with Gasteiger partial charge in [-0.3, -0.25) is 0 Å². The van der Waals surface area contributed by atoms with Crippen LogP contribution in [0.2, 0.25) is 0 Å². The Morgan fingerprint density at radius 3 is 2.00 bits per heavy atom. The summed E-state index contributed by atoms with van der Waals surface area (Å²) in [5, 5.41) is 0. The largest absolute Gasteiger partial charge is 1.00 e. The molecule has 10 heteroatoms. The summed E-state index contributed by atoms with van der Waals surface area (Å²) in [5.41, 5.74) is 5.90. The van der Waals surface area contributed by atoms with Crippen molar-refractivity contribution in [3.05, 3.63) is 24.3 Å². The van der Waals surface area contributed by atoms with E-state index in [1.807, 2.05) is 0 Å². The maximum Gasteiger partial charge on any atom is 1.00 e. The Labute approximate surface area is 152 Å². The Bertz CT molecular complexity index is 704. The van der Waals surface area contributed by atoms with Gasteiger partial charge in [0.1, 0.15) is 10.1 Å². The summed E-state index contributed by atoms with van der Waals surface area (Å²) in [7, 11) is -8.37. The third-order valence-corrected chi connectivity index (χ3v) is 5.90. The van der Waals surface area contributed by atoms with Crippen LogP contribution in [0.25, 0.3) is 0 Å². The fourth-order valence-corrected chi connectivity index (χ4v) is 4.15. The van der Waals surface area contributed by atoms with Gasteiger partial charge in [0.25, 0.3) is 0 Å². The molecule has 1 unspecified atom stereocenters. The molecular formula is C12H17N2NaO5S2. The van der Waals surface area contributed by atoms with Gasteiger partial charge in [0, 0.05) is 12.1 Å². The maximum atomic E-state index is 12.2. The van der Waals surface area contributed by atoms with E-state index < -0.39 is 25.0 Å². The summed E-state index contributed by atoms with van der Waals surface area (Å²) in [6, 6.07) is 3.61. The van der Waals surface area contributed by atoms with E-state index in [9.17, 15) is 21.4 Å². The third-order valence-electron chi connectivity index (χ3n) is 3.55. The number of sulfonamides is 1. The maximum absolute atomic E-state index is 12.2. The van der Waals surface area contributed by atoms with Crippen molar-refractivity contribution in [1.29, 1.82) is 0 Å². The number of hydrogen-bond acceptors (Lipinski definition) is 6. The van der Waals surface area contributed by atoms with Crippen LogP contribution in [0.3, 0.4) is 0 Å². The van der Waals surface area contributed by atoms with Crippen molar-refractivity contribution in [2.45, 2.75) is 47.6 Å². The Morgan fingerprint density at radius 1 is 1.00 bits per heavy atom. The van der Waals surface area contributed by atoms with Gasteiger partial charge in [-0.1, -0.05) is 12.8 Å². The first-order valence-electron chi connectivity index (χ1n) is 6.54. The van der Waals surface area contributed by atoms with Crippen molar-refractivity contribution in [1.82, 2.24) is 4.72 Å². The molecule has 0 saturated heterocycles. The molecule has 118 valence electrons. The third kappa shape index (κ3) is 5.00. The van der Waals surface area contributed by atoms with Gasteiger partial charge >= 0.3 is 29.6 Å². The van der Waals surface area contributed by atoms with Crippen molar-refractivity contribution < 1.29 is 50.9 Å². The average Bonchev–Trinajstić information content (AvgIpc) is 2.40. The number of benzene rings is 1. The average molecular weight is 356 g/mol.